The molecule has 0 spiro atoms. The van der Waals surface area contributed by atoms with Crippen LogP contribution in [-0.2, 0) is 9.84 Å². The average molecular weight is 449 g/mol. The van der Waals surface area contributed by atoms with Crippen molar-refractivity contribution in [2.45, 2.75) is 41.8 Å². The molecule has 0 saturated carbocycles. The summed E-state index contributed by atoms with van der Waals surface area (Å²) in [6.45, 7) is 7.75. The molecule has 2 bridgehead atoms. The van der Waals surface area contributed by atoms with E-state index >= 15 is 0 Å². The van der Waals surface area contributed by atoms with Crippen LogP contribution < -0.4 is 0 Å². The maximum absolute atomic E-state index is 13.4. The highest BCUT2D eigenvalue weighted by Gasteiger charge is 2.42. The van der Waals surface area contributed by atoms with Gasteiger partial charge >= 0.3 is 0 Å². The molecule has 0 amide bonds. The van der Waals surface area contributed by atoms with E-state index in [1.165, 1.54) is 0 Å². The molecule has 1 aromatic heterocycles. The molecule has 3 saturated heterocycles. The lowest BCUT2D eigenvalue weighted by Gasteiger charge is -2.50. The molecule has 2 unspecified atom stereocenters. The van der Waals surface area contributed by atoms with Crippen LogP contribution in [0.3, 0.4) is 0 Å². The minimum absolute atomic E-state index is 0.0194. The predicted octanol–water partition coefficient (Wildman–Crippen LogP) is 4.31. The quantitative estimate of drug-likeness (QED) is 0.589. The maximum atomic E-state index is 13.4. The highest BCUT2D eigenvalue weighted by Crippen LogP contribution is 2.42. The molecule has 3 fully saturated rings. The van der Waals surface area contributed by atoms with Crippen LogP contribution in [0.1, 0.15) is 30.1 Å². The number of piperidine rings is 3. The zero-order valence-corrected chi connectivity index (χ0v) is 19.0. The molecule has 5 atom stereocenters. The summed E-state index contributed by atoms with van der Waals surface area (Å²) >= 11 is 0. The number of fused-ring (bicyclic) bond motifs is 4. The first-order chi connectivity index (χ1) is 15.4. The molecule has 166 valence electrons. The molecular formula is C26H28N2O3S. The van der Waals surface area contributed by atoms with Crippen molar-refractivity contribution in [1.29, 1.82) is 0 Å². The van der Waals surface area contributed by atoms with Gasteiger partial charge in [0.15, 0.2) is 5.03 Å². The number of aryl methyl sites for hydroxylation is 1. The van der Waals surface area contributed by atoms with E-state index in [-0.39, 0.29) is 16.0 Å². The van der Waals surface area contributed by atoms with E-state index in [0.717, 1.165) is 36.9 Å². The van der Waals surface area contributed by atoms with Gasteiger partial charge in [0.2, 0.25) is 9.84 Å². The highest BCUT2D eigenvalue weighted by molar-refractivity contribution is 7.91. The lowest BCUT2D eigenvalue weighted by molar-refractivity contribution is -0.0445. The summed E-state index contributed by atoms with van der Waals surface area (Å²) < 4.78 is 26.8. The second kappa shape index (κ2) is 8.10. The van der Waals surface area contributed by atoms with Crippen LogP contribution in [0.4, 0.5) is 0 Å². The Kier molecular flexibility index (Phi) is 5.40. The Balaban J connectivity index is 1.59. The fourth-order valence-corrected chi connectivity index (χ4v) is 6.55. The van der Waals surface area contributed by atoms with Crippen molar-refractivity contribution >= 4 is 20.7 Å². The van der Waals surface area contributed by atoms with Gasteiger partial charge < -0.3 is 5.11 Å². The number of sulfone groups is 1. The number of hydrogen-bond donors (Lipinski definition) is 1. The Morgan fingerprint density at radius 1 is 1.19 bits per heavy atom. The van der Waals surface area contributed by atoms with Gasteiger partial charge in [0.05, 0.1) is 16.5 Å². The Morgan fingerprint density at radius 3 is 2.62 bits per heavy atom. The van der Waals surface area contributed by atoms with E-state index in [0.29, 0.717) is 22.9 Å². The van der Waals surface area contributed by atoms with Crippen LogP contribution in [0.15, 0.2) is 77.2 Å². The van der Waals surface area contributed by atoms with Crippen molar-refractivity contribution in [3.63, 3.8) is 0 Å². The molecule has 3 aromatic rings. The number of pyridine rings is 1. The Labute approximate surface area is 189 Å². The third-order valence-electron chi connectivity index (χ3n) is 7.17. The largest absolute Gasteiger partial charge is 0.387 e. The fraction of sp³-hybridized carbons (Fsp3) is 0.346. The summed E-state index contributed by atoms with van der Waals surface area (Å²) in [5.74, 6) is 0.972. The lowest BCUT2D eigenvalue weighted by atomic mass is 9.73. The standard InChI is InChI=1S/C26H28N2O3S/c1-3-18-16-28-13-12-19(18)14-24(28)26(29)22-15-25(27-23-7-5-4-6-21(22)23)32(30,31)20-10-8-17(2)9-11-20/h3-11,15,18-19,24,26,29H,1,12-14,16H2,2H3/t18-,19?,24+,26+/m0/s1. The number of aliphatic hydroxyl groups excluding tert-OH is 1. The molecule has 5 nitrogen and oxygen atoms in total. The number of benzene rings is 2. The summed E-state index contributed by atoms with van der Waals surface area (Å²) in [4.78, 5) is 7.02. The fourth-order valence-electron chi connectivity index (χ4n) is 5.31. The van der Waals surface area contributed by atoms with Crippen molar-refractivity contribution in [3.8, 4) is 0 Å². The van der Waals surface area contributed by atoms with Crippen LogP contribution in [0.5, 0.6) is 0 Å². The van der Waals surface area contributed by atoms with E-state index in [4.69, 9.17) is 0 Å². The average Bonchev–Trinajstić information content (AvgIpc) is 2.83. The molecule has 4 heterocycles. The van der Waals surface area contributed by atoms with Gasteiger partial charge in [-0.25, -0.2) is 13.4 Å². The number of nitrogens with zero attached hydrogens (tertiary/aromatic N) is 2. The Morgan fingerprint density at radius 2 is 1.94 bits per heavy atom. The second-order valence-corrected chi connectivity index (χ2v) is 11.0. The Bertz CT molecular complexity index is 1270. The first-order valence-corrected chi connectivity index (χ1v) is 12.6. The van der Waals surface area contributed by atoms with Gasteiger partial charge in [-0.1, -0.05) is 42.0 Å². The summed E-state index contributed by atoms with van der Waals surface area (Å²) in [5, 5.41) is 12.3. The lowest BCUT2D eigenvalue weighted by Crippen LogP contribution is -2.54. The van der Waals surface area contributed by atoms with E-state index in [1.807, 2.05) is 31.2 Å². The van der Waals surface area contributed by atoms with Crippen LogP contribution in [0, 0.1) is 18.8 Å². The molecule has 0 radical (unpaired) electrons. The molecule has 2 aromatic carbocycles. The smallest absolute Gasteiger partial charge is 0.223 e. The van der Waals surface area contributed by atoms with Gasteiger partial charge in [-0.05, 0) is 68.0 Å². The summed E-state index contributed by atoms with van der Waals surface area (Å²) in [5.41, 5.74) is 2.20. The first kappa shape index (κ1) is 21.3. The zero-order chi connectivity index (χ0) is 22.5. The zero-order valence-electron chi connectivity index (χ0n) is 18.2. The molecule has 3 aliphatic rings. The van der Waals surface area contributed by atoms with Gasteiger partial charge in [-0.3, -0.25) is 4.90 Å². The van der Waals surface area contributed by atoms with Crippen molar-refractivity contribution in [2.75, 3.05) is 13.1 Å². The first-order valence-electron chi connectivity index (χ1n) is 11.1. The van der Waals surface area contributed by atoms with Crippen molar-refractivity contribution in [2.24, 2.45) is 11.8 Å². The predicted molar refractivity (Wildman–Crippen MR) is 125 cm³/mol. The Hall–Kier alpha value is -2.54. The van der Waals surface area contributed by atoms with Crippen LogP contribution in [0.2, 0.25) is 0 Å². The van der Waals surface area contributed by atoms with Gasteiger partial charge in [0.1, 0.15) is 0 Å². The number of para-hydroxylation sites is 1. The van der Waals surface area contributed by atoms with Gasteiger partial charge in [-0.2, -0.15) is 0 Å². The molecule has 0 aliphatic carbocycles. The number of aliphatic hydroxyl groups is 1. The van der Waals surface area contributed by atoms with Crippen molar-refractivity contribution in [3.05, 3.63) is 78.4 Å². The maximum Gasteiger partial charge on any atom is 0.223 e. The van der Waals surface area contributed by atoms with Crippen LogP contribution in [0.25, 0.3) is 10.9 Å². The highest BCUT2D eigenvalue weighted by atomic mass is 32.2. The summed E-state index contributed by atoms with van der Waals surface area (Å²) in [7, 11) is -3.81. The van der Waals surface area contributed by atoms with Crippen molar-refractivity contribution in [1.82, 2.24) is 9.88 Å². The SMILES string of the molecule is C=C[C@H]1CN2CCC1C[C@@H]2[C@H](O)c1cc(S(=O)(=O)c2ccc(C)cc2)nc2ccccc12. The molecule has 6 rings (SSSR count). The number of rotatable bonds is 5. The summed E-state index contributed by atoms with van der Waals surface area (Å²) in [6, 6.07) is 15.8. The van der Waals surface area contributed by atoms with Crippen molar-refractivity contribution < 1.29 is 13.5 Å². The number of hydrogen-bond acceptors (Lipinski definition) is 5. The van der Waals surface area contributed by atoms with Gasteiger partial charge in [-0.15, -0.1) is 6.58 Å². The summed E-state index contributed by atoms with van der Waals surface area (Å²) in [6.07, 6.45) is 3.25. The topological polar surface area (TPSA) is 70.5 Å². The molecule has 1 N–H and O–H groups in total. The third-order valence-corrected chi connectivity index (χ3v) is 8.82. The molecule has 6 heteroatoms. The van der Waals surface area contributed by atoms with E-state index in [1.54, 1.807) is 36.4 Å². The normalized spacial score (nSPS) is 26.2. The third kappa shape index (κ3) is 3.56. The van der Waals surface area contributed by atoms with Gasteiger partial charge in [0.25, 0.3) is 0 Å². The molecule has 3 aliphatic heterocycles. The minimum Gasteiger partial charge on any atom is -0.387 e. The monoisotopic (exact) mass is 448 g/mol. The molecular weight excluding hydrogens is 420 g/mol. The minimum atomic E-state index is -3.81. The number of aromatic nitrogens is 1. The van der Waals surface area contributed by atoms with E-state index in [9.17, 15) is 13.5 Å². The molecule has 32 heavy (non-hydrogen) atoms. The van der Waals surface area contributed by atoms with Crippen LogP contribution >= 0.6 is 0 Å². The van der Waals surface area contributed by atoms with E-state index in [2.05, 4.69) is 16.5 Å². The van der Waals surface area contributed by atoms with Crippen LogP contribution in [-0.4, -0.2) is 42.5 Å². The van der Waals surface area contributed by atoms with Gasteiger partial charge in [0, 0.05) is 18.0 Å². The second-order valence-electron chi connectivity index (χ2n) is 9.07. The van der Waals surface area contributed by atoms with E-state index < -0.39 is 15.9 Å².